The van der Waals surface area contributed by atoms with Gasteiger partial charge in [0.25, 0.3) is 0 Å². The molecular weight excluding hydrogens is 789 g/mol. The molecule has 0 bridgehead atoms. The van der Waals surface area contributed by atoms with Crippen LogP contribution in [-0.2, 0) is 19.1 Å². The van der Waals surface area contributed by atoms with Gasteiger partial charge in [0.15, 0.2) is 0 Å². The average molecular weight is 904 g/mol. The van der Waals surface area contributed by atoms with Gasteiger partial charge in [-0.3, -0.25) is 14.5 Å². The third kappa shape index (κ3) is 32.5. The van der Waals surface area contributed by atoms with Crippen LogP contribution in [0.25, 0.3) is 0 Å². The van der Waals surface area contributed by atoms with E-state index in [0.717, 1.165) is 103 Å². The number of hydrogen-bond acceptors (Lipinski definition) is 6. The molecule has 4 unspecified atom stereocenters. The number of hydrogen-bond donors (Lipinski definition) is 0. The zero-order chi connectivity index (χ0) is 46.7. The summed E-state index contributed by atoms with van der Waals surface area (Å²) >= 11 is 0. The summed E-state index contributed by atoms with van der Waals surface area (Å²) in [6.45, 7) is 21.6. The molecule has 0 spiro atoms. The molecule has 0 radical (unpaired) electrons. The first kappa shape index (κ1) is 60.9. The smallest absolute Gasteiger partial charge is 0.306 e. The minimum Gasteiger partial charge on any atom is -0.462 e. The Bertz CT molecular complexity index is 952. The van der Waals surface area contributed by atoms with Crippen molar-refractivity contribution in [2.24, 2.45) is 11.8 Å². The Hall–Kier alpha value is -1.14. The van der Waals surface area contributed by atoms with E-state index in [9.17, 15) is 9.59 Å². The molecule has 380 valence electrons. The molecule has 1 aliphatic carbocycles. The second-order valence-electron chi connectivity index (χ2n) is 20.6. The molecular formula is C58H114N2O4. The van der Waals surface area contributed by atoms with Crippen LogP contribution in [0.3, 0.4) is 0 Å². The highest BCUT2D eigenvalue weighted by molar-refractivity contribution is 5.69. The van der Waals surface area contributed by atoms with Crippen molar-refractivity contribution in [2.45, 2.75) is 317 Å². The maximum atomic E-state index is 13.3. The largest absolute Gasteiger partial charge is 0.462 e. The highest BCUT2D eigenvalue weighted by Crippen LogP contribution is 2.29. The maximum Gasteiger partial charge on any atom is 0.306 e. The molecule has 6 nitrogen and oxygen atoms in total. The molecule has 64 heavy (non-hydrogen) atoms. The van der Waals surface area contributed by atoms with Crippen LogP contribution in [0.4, 0.5) is 0 Å². The van der Waals surface area contributed by atoms with E-state index in [2.05, 4.69) is 58.3 Å². The van der Waals surface area contributed by atoms with Crippen molar-refractivity contribution in [2.75, 3.05) is 32.7 Å². The van der Waals surface area contributed by atoms with Gasteiger partial charge in [0.1, 0.15) is 12.2 Å². The SMILES string of the molecule is CCCCCCCCC(CCCCCC)C(CCC)OC(=O)CCCCCN(CCCCCC(=O)OC(CCC)C(CCCCCC)CCCCCCCC)CCN(CC)C1CCC1. The standard InChI is InChI=1S/C58H114N2O4/c1-8-15-19-23-25-31-42-52(40-29-21-17-10-3)55(38-12-5)63-57(61)46-33-27-35-48-59(50-51-60(14-7)54-44-37-45-54)49-36-28-34-47-58(62)64-56(39-13-6)53(41-30-22-18-11-4)43-32-26-24-20-16-9-2/h52-56H,8-51H2,1-7H3. The van der Waals surface area contributed by atoms with E-state index in [1.807, 2.05) is 0 Å². The van der Waals surface area contributed by atoms with Crippen LogP contribution in [0.15, 0.2) is 0 Å². The van der Waals surface area contributed by atoms with Gasteiger partial charge in [0, 0.05) is 32.0 Å². The van der Waals surface area contributed by atoms with E-state index < -0.39 is 0 Å². The second-order valence-corrected chi connectivity index (χ2v) is 20.6. The lowest BCUT2D eigenvalue weighted by Gasteiger charge is -2.38. The van der Waals surface area contributed by atoms with Crippen LogP contribution in [0.1, 0.15) is 299 Å². The van der Waals surface area contributed by atoms with Crippen molar-refractivity contribution in [3.05, 3.63) is 0 Å². The van der Waals surface area contributed by atoms with Crippen LogP contribution < -0.4 is 0 Å². The van der Waals surface area contributed by atoms with E-state index >= 15 is 0 Å². The molecule has 1 aliphatic rings. The molecule has 0 heterocycles. The molecule has 1 saturated carbocycles. The Morgan fingerprint density at radius 3 is 1.11 bits per heavy atom. The summed E-state index contributed by atoms with van der Waals surface area (Å²) in [6.07, 6.45) is 46.8. The fourth-order valence-electron chi connectivity index (χ4n) is 10.4. The Morgan fingerprint density at radius 2 is 0.766 bits per heavy atom. The van der Waals surface area contributed by atoms with Crippen LogP contribution in [0.2, 0.25) is 0 Å². The van der Waals surface area contributed by atoms with Crippen molar-refractivity contribution >= 4 is 11.9 Å². The number of rotatable bonds is 49. The highest BCUT2D eigenvalue weighted by atomic mass is 16.5. The maximum absolute atomic E-state index is 13.3. The molecule has 0 aromatic rings. The second kappa shape index (κ2) is 44.4. The third-order valence-corrected chi connectivity index (χ3v) is 14.9. The molecule has 6 heteroatoms. The first-order valence-corrected chi connectivity index (χ1v) is 29.2. The summed E-state index contributed by atoms with van der Waals surface area (Å²) in [4.78, 5) is 32.0. The van der Waals surface area contributed by atoms with Gasteiger partial charge in [-0.1, -0.05) is 209 Å². The molecule has 0 N–H and O–H groups in total. The Kier molecular flexibility index (Phi) is 42.2. The van der Waals surface area contributed by atoms with E-state index in [1.54, 1.807) is 0 Å². The van der Waals surface area contributed by atoms with Gasteiger partial charge in [-0.25, -0.2) is 0 Å². The first-order valence-electron chi connectivity index (χ1n) is 29.2. The quantitative estimate of drug-likeness (QED) is 0.0448. The van der Waals surface area contributed by atoms with Gasteiger partial charge < -0.3 is 14.4 Å². The van der Waals surface area contributed by atoms with Gasteiger partial charge in [-0.05, 0) is 109 Å². The van der Waals surface area contributed by atoms with Crippen molar-refractivity contribution < 1.29 is 19.1 Å². The lowest BCUT2D eigenvalue weighted by atomic mass is 9.87. The summed E-state index contributed by atoms with van der Waals surface area (Å²) in [5.74, 6) is 1.11. The Labute approximate surface area is 401 Å². The number of carbonyl (C=O) groups excluding carboxylic acids is 2. The average Bonchev–Trinajstić information content (AvgIpc) is 3.27. The van der Waals surface area contributed by atoms with Crippen LogP contribution in [0, 0.1) is 11.8 Å². The summed E-state index contributed by atoms with van der Waals surface area (Å²) in [7, 11) is 0. The number of esters is 2. The van der Waals surface area contributed by atoms with E-state index in [0.29, 0.717) is 24.7 Å². The van der Waals surface area contributed by atoms with Crippen LogP contribution >= 0.6 is 0 Å². The molecule has 0 aliphatic heterocycles. The van der Waals surface area contributed by atoms with Crippen molar-refractivity contribution in [3.8, 4) is 0 Å². The molecule has 4 atom stereocenters. The molecule has 0 aromatic carbocycles. The summed E-state index contributed by atoms with van der Waals surface area (Å²) < 4.78 is 12.7. The molecule has 0 amide bonds. The van der Waals surface area contributed by atoms with Crippen molar-refractivity contribution in [3.63, 3.8) is 0 Å². The highest BCUT2D eigenvalue weighted by Gasteiger charge is 2.26. The normalized spacial score (nSPS) is 15.1. The van der Waals surface area contributed by atoms with Gasteiger partial charge in [-0.15, -0.1) is 0 Å². The van der Waals surface area contributed by atoms with Gasteiger partial charge >= 0.3 is 11.9 Å². The molecule has 0 saturated heterocycles. The fourth-order valence-corrected chi connectivity index (χ4v) is 10.4. The lowest BCUT2D eigenvalue weighted by molar-refractivity contribution is -0.153. The molecule has 0 aromatic heterocycles. The summed E-state index contributed by atoms with van der Waals surface area (Å²) in [6, 6.07) is 0.778. The number of unbranched alkanes of at least 4 members (excludes halogenated alkanes) is 20. The first-order chi connectivity index (χ1) is 31.4. The predicted molar refractivity (Wildman–Crippen MR) is 278 cm³/mol. The Morgan fingerprint density at radius 1 is 0.406 bits per heavy atom. The van der Waals surface area contributed by atoms with Gasteiger partial charge in [0.05, 0.1) is 0 Å². The number of carbonyl (C=O) groups is 2. The van der Waals surface area contributed by atoms with E-state index in [1.165, 1.54) is 173 Å². The van der Waals surface area contributed by atoms with Crippen molar-refractivity contribution in [1.82, 2.24) is 9.80 Å². The zero-order valence-electron chi connectivity index (χ0n) is 44.5. The number of nitrogens with zero attached hydrogens (tertiary/aromatic N) is 2. The van der Waals surface area contributed by atoms with Gasteiger partial charge in [0.2, 0.25) is 0 Å². The minimum absolute atomic E-state index is 0.0377. The van der Waals surface area contributed by atoms with Gasteiger partial charge in [-0.2, -0.15) is 0 Å². The number of ether oxygens (including phenoxy) is 2. The Balaban J connectivity index is 2.67. The van der Waals surface area contributed by atoms with Crippen LogP contribution in [0.5, 0.6) is 0 Å². The van der Waals surface area contributed by atoms with E-state index in [4.69, 9.17) is 9.47 Å². The lowest BCUT2D eigenvalue weighted by Crippen LogP contribution is -2.44. The zero-order valence-corrected chi connectivity index (χ0v) is 44.5. The molecule has 1 rings (SSSR count). The fraction of sp³-hybridized carbons (Fsp3) is 0.966. The summed E-state index contributed by atoms with van der Waals surface area (Å²) in [5, 5.41) is 0. The topological polar surface area (TPSA) is 59.1 Å². The molecule has 1 fully saturated rings. The third-order valence-electron chi connectivity index (χ3n) is 14.9. The minimum atomic E-state index is 0.0377. The van der Waals surface area contributed by atoms with E-state index in [-0.39, 0.29) is 24.1 Å². The summed E-state index contributed by atoms with van der Waals surface area (Å²) in [5.41, 5.74) is 0. The monoisotopic (exact) mass is 903 g/mol. The predicted octanol–water partition coefficient (Wildman–Crippen LogP) is 17.4. The number of likely N-dealkylation sites (N-methyl/N-ethyl adjacent to an activating group) is 1. The van der Waals surface area contributed by atoms with Crippen molar-refractivity contribution in [1.29, 1.82) is 0 Å². The van der Waals surface area contributed by atoms with Crippen LogP contribution in [-0.4, -0.2) is 72.7 Å².